The Morgan fingerprint density at radius 1 is 0.722 bits per heavy atom. The van der Waals surface area contributed by atoms with Crippen molar-refractivity contribution in [3.8, 4) is 0 Å². The topological polar surface area (TPSA) is 9.23 Å². The number of hydrogen-bond acceptors (Lipinski definition) is 1. The predicted molar refractivity (Wildman–Crippen MR) is 85.5 cm³/mol. The second-order valence-electron chi connectivity index (χ2n) is 5.84. The van der Waals surface area contributed by atoms with Gasteiger partial charge in [-0.05, 0) is 0 Å². The molecular formula is C16H30OSn. The van der Waals surface area contributed by atoms with Gasteiger partial charge in [0.1, 0.15) is 0 Å². The molecule has 0 amide bonds. The molecule has 0 saturated heterocycles. The zero-order valence-electron chi connectivity index (χ0n) is 13.3. The maximum atomic E-state index is 6.07. The minimum atomic E-state index is -2.50. The zero-order chi connectivity index (χ0) is 14.2. The van der Waals surface area contributed by atoms with Crippen LogP contribution in [0, 0.1) is 0 Å². The molecule has 0 aromatic carbocycles. The van der Waals surface area contributed by atoms with Gasteiger partial charge in [0.15, 0.2) is 0 Å². The van der Waals surface area contributed by atoms with Crippen molar-refractivity contribution in [2.45, 2.75) is 54.9 Å². The average Bonchev–Trinajstić information content (AvgIpc) is 2.28. The Bertz CT molecular complexity index is 275. The van der Waals surface area contributed by atoms with Crippen LogP contribution in [-0.2, 0) is 3.07 Å². The number of rotatable bonds is 7. The van der Waals surface area contributed by atoms with Crippen LogP contribution in [0.2, 0.25) is 13.3 Å². The molecule has 0 heterocycles. The van der Waals surface area contributed by atoms with Gasteiger partial charge in [-0.3, -0.25) is 0 Å². The zero-order valence-corrected chi connectivity index (χ0v) is 16.1. The second kappa shape index (κ2) is 8.97. The Hall–Kier alpha value is -0.0213. The van der Waals surface area contributed by atoms with Crippen molar-refractivity contribution in [1.29, 1.82) is 0 Å². The summed E-state index contributed by atoms with van der Waals surface area (Å²) in [6, 6.07) is 0. The average molecular weight is 357 g/mol. The van der Waals surface area contributed by atoms with Gasteiger partial charge in [-0.1, -0.05) is 0 Å². The fourth-order valence-electron chi connectivity index (χ4n) is 1.67. The summed E-state index contributed by atoms with van der Waals surface area (Å²) in [6.07, 6.45) is 7.12. The van der Waals surface area contributed by atoms with Crippen LogP contribution >= 0.6 is 0 Å². The first kappa shape index (κ1) is 18.0. The van der Waals surface area contributed by atoms with E-state index in [-0.39, 0.29) is 0 Å². The molecule has 0 atom stereocenters. The van der Waals surface area contributed by atoms with Crippen molar-refractivity contribution in [2.75, 3.05) is 7.11 Å². The minimum absolute atomic E-state index is 1.18. The van der Waals surface area contributed by atoms with Gasteiger partial charge in [-0.2, -0.15) is 0 Å². The second-order valence-corrected chi connectivity index (χ2v) is 17.3. The quantitative estimate of drug-likeness (QED) is 0.433. The summed E-state index contributed by atoms with van der Waals surface area (Å²) in [5.74, 6) is 0. The third kappa shape index (κ3) is 8.15. The van der Waals surface area contributed by atoms with Gasteiger partial charge < -0.3 is 0 Å². The van der Waals surface area contributed by atoms with E-state index in [0.717, 1.165) is 0 Å². The molecule has 0 aliphatic rings. The van der Waals surface area contributed by atoms with Crippen LogP contribution in [0.5, 0.6) is 0 Å². The number of hydrogen-bond donors (Lipinski definition) is 0. The van der Waals surface area contributed by atoms with E-state index in [0.29, 0.717) is 0 Å². The van der Waals surface area contributed by atoms with Crippen LogP contribution in [0.1, 0.15) is 41.5 Å². The van der Waals surface area contributed by atoms with Crippen LogP contribution in [0.3, 0.4) is 0 Å². The van der Waals surface area contributed by atoms with Crippen LogP contribution in [0.4, 0.5) is 0 Å². The summed E-state index contributed by atoms with van der Waals surface area (Å²) in [4.78, 5) is 0. The van der Waals surface area contributed by atoms with Gasteiger partial charge in [0.2, 0.25) is 0 Å². The van der Waals surface area contributed by atoms with Crippen molar-refractivity contribution >= 4 is 18.8 Å². The van der Waals surface area contributed by atoms with Gasteiger partial charge in [-0.15, -0.1) is 0 Å². The van der Waals surface area contributed by atoms with Crippen molar-refractivity contribution in [2.24, 2.45) is 0 Å². The van der Waals surface area contributed by atoms with Crippen molar-refractivity contribution in [1.82, 2.24) is 0 Å². The Kier molecular flexibility index (Phi) is 8.96. The molecule has 0 radical (unpaired) electrons. The molecule has 18 heavy (non-hydrogen) atoms. The summed E-state index contributed by atoms with van der Waals surface area (Å²) in [7, 11) is 1.92. The molecular weight excluding hydrogens is 327 g/mol. The van der Waals surface area contributed by atoms with Crippen LogP contribution < -0.4 is 0 Å². The third-order valence-corrected chi connectivity index (χ3v) is 13.7. The first-order valence-corrected chi connectivity index (χ1v) is 14.0. The standard InChI is InChI=1S/3C5H9.CH3O.Sn/c3*1-4-5(2)3;1-2;/h3*4H,1H2,2-3H3;1H3;/q;;;-1;+1. The van der Waals surface area contributed by atoms with Gasteiger partial charge in [0.05, 0.1) is 0 Å². The summed E-state index contributed by atoms with van der Waals surface area (Å²) >= 11 is -2.50. The van der Waals surface area contributed by atoms with Gasteiger partial charge in [0, 0.05) is 0 Å². The summed E-state index contributed by atoms with van der Waals surface area (Å²) in [5.41, 5.74) is 4.22. The van der Waals surface area contributed by atoms with Crippen LogP contribution in [0.25, 0.3) is 0 Å². The van der Waals surface area contributed by atoms with E-state index in [1.165, 1.54) is 30.0 Å². The van der Waals surface area contributed by atoms with E-state index in [1.807, 2.05) is 7.11 Å². The SMILES string of the molecule is C[O][Sn]([CH2]C=C(C)C)([CH2]C=C(C)C)[CH2]C=C(C)C. The molecule has 0 rings (SSSR count). The molecule has 0 N–H and O–H groups in total. The molecule has 0 unspecified atom stereocenters. The van der Waals surface area contributed by atoms with Crippen LogP contribution in [-0.4, -0.2) is 25.9 Å². The van der Waals surface area contributed by atoms with E-state index >= 15 is 0 Å². The van der Waals surface area contributed by atoms with Crippen molar-refractivity contribution < 1.29 is 3.07 Å². The van der Waals surface area contributed by atoms with E-state index in [1.54, 1.807) is 0 Å². The Balaban J connectivity index is 4.99. The predicted octanol–water partition coefficient (Wildman–Crippen LogP) is 5.48. The normalized spacial score (nSPS) is 10.8. The van der Waals surface area contributed by atoms with Crippen molar-refractivity contribution in [3.63, 3.8) is 0 Å². The molecule has 0 aromatic rings. The summed E-state index contributed by atoms with van der Waals surface area (Å²) in [6.45, 7) is 13.0. The van der Waals surface area contributed by atoms with Gasteiger partial charge >= 0.3 is 119 Å². The summed E-state index contributed by atoms with van der Waals surface area (Å²) < 4.78 is 9.61. The third-order valence-electron chi connectivity index (χ3n) is 3.08. The maximum absolute atomic E-state index is 6.07. The van der Waals surface area contributed by atoms with E-state index in [9.17, 15) is 0 Å². The van der Waals surface area contributed by atoms with E-state index in [2.05, 4.69) is 59.8 Å². The van der Waals surface area contributed by atoms with Crippen LogP contribution in [0.15, 0.2) is 34.9 Å². The molecule has 104 valence electrons. The van der Waals surface area contributed by atoms with E-state index < -0.39 is 18.8 Å². The molecule has 0 saturated carbocycles. The molecule has 0 bridgehead atoms. The fraction of sp³-hybridized carbons (Fsp3) is 0.625. The Morgan fingerprint density at radius 2 is 1.00 bits per heavy atom. The van der Waals surface area contributed by atoms with Gasteiger partial charge in [0.25, 0.3) is 0 Å². The Labute approximate surface area is 118 Å². The van der Waals surface area contributed by atoms with Gasteiger partial charge in [-0.25, -0.2) is 0 Å². The first-order chi connectivity index (χ1) is 8.31. The van der Waals surface area contributed by atoms with E-state index in [4.69, 9.17) is 3.07 Å². The fourth-order valence-corrected chi connectivity index (χ4v) is 11.2. The van der Waals surface area contributed by atoms with Crippen molar-refractivity contribution in [3.05, 3.63) is 34.9 Å². The molecule has 0 spiro atoms. The molecule has 1 nitrogen and oxygen atoms in total. The first-order valence-electron chi connectivity index (χ1n) is 6.76. The molecule has 0 aliphatic carbocycles. The molecule has 0 fully saturated rings. The number of allylic oxidation sites excluding steroid dienone is 6. The monoisotopic (exact) mass is 358 g/mol. The molecule has 0 aromatic heterocycles. The molecule has 0 aliphatic heterocycles. The molecule has 2 heteroatoms. The summed E-state index contributed by atoms with van der Waals surface area (Å²) in [5, 5.41) is 0. The Morgan fingerprint density at radius 3 is 1.17 bits per heavy atom.